The van der Waals surface area contributed by atoms with Crippen LogP contribution >= 0.6 is 0 Å². The van der Waals surface area contributed by atoms with Gasteiger partial charge in [0, 0.05) is 60.1 Å². The Morgan fingerprint density at radius 1 is 1.18 bits per heavy atom. The number of nitrogens with zero attached hydrogens (tertiary/aromatic N) is 4. The molecule has 0 spiro atoms. The van der Waals surface area contributed by atoms with E-state index in [9.17, 15) is 0 Å². The highest BCUT2D eigenvalue weighted by Crippen LogP contribution is 2.28. The van der Waals surface area contributed by atoms with E-state index in [4.69, 9.17) is 0 Å². The number of rotatable bonds is 6. The molecule has 4 heterocycles. The van der Waals surface area contributed by atoms with Crippen LogP contribution in [0.2, 0.25) is 0 Å². The number of likely N-dealkylation sites (N-methyl/N-ethyl adjacent to an activating group) is 1. The quantitative estimate of drug-likeness (QED) is 0.512. The smallest absolute Gasteiger partial charge is 0.116 e. The Hall–Kier alpha value is -3.58. The van der Waals surface area contributed by atoms with Crippen LogP contribution in [0, 0.1) is 6.92 Å². The molecule has 0 amide bonds. The Morgan fingerprint density at radius 3 is 2.64 bits per heavy atom. The maximum absolute atomic E-state index is 4.65. The van der Waals surface area contributed by atoms with E-state index in [1.54, 1.807) is 6.20 Å². The molecule has 0 aromatic carbocycles. The van der Waals surface area contributed by atoms with Crippen LogP contribution in [0.4, 0.5) is 0 Å². The van der Waals surface area contributed by atoms with E-state index in [-0.39, 0.29) is 0 Å². The van der Waals surface area contributed by atoms with Crippen molar-refractivity contribution < 1.29 is 0 Å². The molecule has 7 heteroatoms. The van der Waals surface area contributed by atoms with Crippen LogP contribution in [-0.2, 0) is 0 Å². The fourth-order valence-electron chi connectivity index (χ4n) is 4.17. The van der Waals surface area contributed by atoms with E-state index in [1.165, 1.54) is 11.3 Å². The summed E-state index contributed by atoms with van der Waals surface area (Å²) >= 11 is 0. The van der Waals surface area contributed by atoms with Crippen LogP contribution in [0.25, 0.3) is 34.8 Å². The number of hydrogen-bond acceptors (Lipinski definition) is 4. The highest BCUT2D eigenvalue weighted by Gasteiger charge is 2.21. The zero-order valence-electron chi connectivity index (χ0n) is 19.9. The molecule has 0 bridgehead atoms. The molecule has 172 valence electrons. The van der Waals surface area contributed by atoms with Gasteiger partial charge in [0.05, 0.1) is 17.2 Å². The lowest BCUT2D eigenvalue weighted by molar-refractivity contribution is 0.207. The summed E-state index contributed by atoms with van der Waals surface area (Å²) in [6.07, 6.45) is 14.1. The van der Waals surface area contributed by atoms with Gasteiger partial charge in [-0.3, -0.25) is 10.2 Å². The number of aromatic nitrogens is 5. The molecule has 3 aromatic rings. The van der Waals surface area contributed by atoms with Gasteiger partial charge in [-0.1, -0.05) is 24.8 Å². The zero-order chi connectivity index (χ0) is 23.4. The van der Waals surface area contributed by atoms with E-state index >= 15 is 0 Å². The minimum Gasteiger partial charge on any atom is -0.368 e. The van der Waals surface area contributed by atoms with Gasteiger partial charge in [-0.25, -0.2) is 0 Å². The van der Waals surface area contributed by atoms with Crippen molar-refractivity contribution in [2.45, 2.75) is 20.8 Å². The van der Waals surface area contributed by atoms with Crippen molar-refractivity contribution in [1.29, 1.82) is 0 Å². The molecule has 1 saturated heterocycles. The average molecular weight is 444 g/mol. The summed E-state index contributed by atoms with van der Waals surface area (Å²) < 4.78 is 0. The van der Waals surface area contributed by atoms with Crippen molar-refractivity contribution in [3.05, 3.63) is 70.7 Å². The number of hydrogen-bond donors (Lipinski definition) is 3. The molecule has 1 aliphatic heterocycles. The van der Waals surface area contributed by atoms with Gasteiger partial charge in [-0.2, -0.15) is 10.2 Å². The molecule has 33 heavy (non-hydrogen) atoms. The first-order valence-corrected chi connectivity index (χ1v) is 11.4. The van der Waals surface area contributed by atoms with Gasteiger partial charge in [0.1, 0.15) is 5.69 Å². The number of aromatic amines is 3. The number of allylic oxidation sites excluding steroid dienone is 4. The second kappa shape index (κ2) is 9.92. The Balaban J connectivity index is 1.77. The standard InChI is InChI=1S/C26H33N7/c1-6-8-9-25(33-12-10-32(5)11-13-33)21-15-24(29-19(21)4)26-22(23(7-2)30-31-26)14-18(3)20-16-27-28-17-20/h6-9,14-17,29-30H,3,10-13H2,1-2,4-5H3,(H,27,28)/b8-6-,22-14+,23-7+,25-9+. The second-order valence-corrected chi connectivity index (χ2v) is 8.43. The Kier molecular flexibility index (Phi) is 6.79. The summed E-state index contributed by atoms with van der Waals surface area (Å²) in [6, 6.07) is 2.22. The fourth-order valence-corrected chi connectivity index (χ4v) is 4.17. The van der Waals surface area contributed by atoms with Gasteiger partial charge in [-0.05, 0) is 51.6 Å². The minimum absolute atomic E-state index is 0.879. The summed E-state index contributed by atoms with van der Waals surface area (Å²) in [4.78, 5) is 8.44. The molecule has 0 radical (unpaired) electrons. The van der Waals surface area contributed by atoms with E-state index in [2.05, 4.69) is 93.0 Å². The third-order valence-corrected chi connectivity index (χ3v) is 6.15. The van der Waals surface area contributed by atoms with Gasteiger partial charge in [-0.15, -0.1) is 0 Å². The summed E-state index contributed by atoms with van der Waals surface area (Å²) in [5, 5.41) is 16.7. The van der Waals surface area contributed by atoms with Gasteiger partial charge >= 0.3 is 0 Å². The van der Waals surface area contributed by atoms with Crippen molar-refractivity contribution >= 4 is 23.4 Å². The average Bonchev–Trinajstić information content (AvgIpc) is 3.56. The predicted molar refractivity (Wildman–Crippen MR) is 136 cm³/mol. The van der Waals surface area contributed by atoms with Crippen molar-refractivity contribution in [3.63, 3.8) is 0 Å². The minimum atomic E-state index is 0.879. The van der Waals surface area contributed by atoms with Crippen LogP contribution in [0.1, 0.15) is 30.7 Å². The van der Waals surface area contributed by atoms with Crippen LogP contribution < -0.4 is 10.6 Å². The Labute approximate surface area is 194 Å². The summed E-state index contributed by atoms with van der Waals surface area (Å²) in [7, 11) is 2.18. The topological polar surface area (TPSA) is 79.6 Å². The van der Waals surface area contributed by atoms with Crippen LogP contribution in [0.3, 0.4) is 0 Å². The molecule has 0 atom stereocenters. The van der Waals surface area contributed by atoms with Crippen molar-refractivity contribution in [2.24, 2.45) is 0 Å². The third kappa shape index (κ3) is 4.78. The van der Waals surface area contributed by atoms with Crippen LogP contribution in [0.5, 0.6) is 0 Å². The van der Waals surface area contributed by atoms with E-state index < -0.39 is 0 Å². The molecule has 3 aromatic heterocycles. The molecule has 7 nitrogen and oxygen atoms in total. The fraction of sp³-hybridized carbons (Fsp3) is 0.308. The molecule has 0 aliphatic carbocycles. The van der Waals surface area contributed by atoms with Crippen LogP contribution in [-0.4, -0.2) is 68.4 Å². The molecular formula is C26H33N7. The zero-order valence-corrected chi connectivity index (χ0v) is 19.9. The summed E-state index contributed by atoms with van der Waals surface area (Å²) in [5.74, 6) is 0. The maximum Gasteiger partial charge on any atom is 0.116 e. The molecule has 1 fully saturated rings. The predicted octanol–water partition coefficient (Wildman–Crippen LogP) is 2.90. The molecule has 3 N–H and O–H groups in total. The lowest BCUT2D eigenvalue weighted by Gasteiger charge is -2.35. The second-order valence-electron chi connectivity index (χ2n) is 8.43. The van der Waals surface area contributed by atoms with Crippen LogP contribution in [0.15, 0.2) is 43.3 Å². The Morgan fingerprint density at radius 2 is 1.97 bits per heavy atom. The first kappa shape index (κ1) is 22.6. The molecule has 4 rings (SSSR count). The normalized spacial score (nSPS) is 17.0. The molecule has 0 unspecified atom stereocenters. The SMILES string of the molecule is C=C(/C=c1/c(-c2cc(/C(=C\C=C/C)N3CCN(C)CC3)c(C)[nH]2)n[nH]/c1=C/C)c1cn[nH]c1. The number of piperazine rings is 1. The molecule has 1 aliphatic rings. The molecule has 0 saturated carbocycles. The number of nitrogens with one attached hydrogen (secondary N) is 3. The first-order valence-electron chi connectivity index (χ1n) is 11.4. The largest absolute Gasteiger partial charge is 0.368 e. The lowest BCUT2D eigenvalue weighted by Crippen LogP contribution is -2.43. The van der Waals surface area contributed by atoms with Crippen molar-refractivity contribution in [1.82, 2.24) is 35.2 Å². The van der Waals surface area contributed by atoms with Gasteiger partial charge in [0.15, 0.2) is 0 Å². The Bertz CT molecular complexity index is 1280. The van der Waals surface area contributed by atoms with Gasteiger partial charge < -0.3 is 14.8 Å². The summed E-state index contributed by atoms with van der Waals surface area (Å²) in [5.41, 5.74) is 7.28. The lowest BCUT2D eigenvalue weighted by atomic mass is 10.1. The van der Waals surface area contributed by atoms with Gasteiger partial charge in [0.25, 0.3) is 0 Å². The number of aryl methyl sites for hydroxylation is 1. The third-order valence-electron chi connectivity index (χ3n) is 6.15. The van der Waals surface area contributed by atoms with E-state index in [0.717, 1.165) is 65.0 Å². The maximum atomic E-state index is 4.65. The summed E-state index contributed by atoms with van der Waals surface area (Å²) in [6.45, 7) is 14.6. The van der Waals surface area contributed by atoms with E-state index in [0.29, 0.717) is 0 Å². The highest BCUT2D eigenvalue weighted by atomic mass is 15.3. The molecular weight excluding hydrogens is 410 g/mol. The van der Waals surface area contributed by atoms with Crippen molar-refractivity contribution in [2.75, 3.05) is 33.2 Å². The first-order chi connectivity index (χ1) is 16.0. The highest BCUT2D eigenvalue weighted by molar-refractivity contribution is 5.87. The van der Waals surface area contributed by atoms with Gasteiger partial charge in [0.2, 0.25) is 0 Å². The number of H-pyrrole nitrogens is 3. The van der Waals surface area contributed by atoms with E-state index in [1.807, 2.05) is 19.2 Å². The monoisotopic (exact) mass is 443 g/mol. The van der Waals surface area contributed by atoms with Crippen molar-refractivity contribution in [3.8, 4) is 11.4 Å².